The lowest BCUT2D eigenvalue weighted by Gasteiger charge is -2.35. The highest BCUT2D eigenvalue weighted by Crippen LogP contribution is 2.17. The zero-order chi connectivity index (χ0) is 11.5. The van der Waals surface area contributed by atoms with Gasteiger partial charge in [0.05, 0.1) is 5.69 Å². The number of nitrogens with two attached hydrogens (primary N) is 1. The summed E-state index contributed by atoms with van der Waals surface area (Å²) in [5, 5.41) is 4.30. The molecule has 1 aromatic rings. The molecule has 4 nitrogen and oxygen atoms in total. The molecule has 1 fully saturated rings. The Hall–Kier alpha value is -0.580. The van der Waals surface area contributed by atoms with E-state index >= 15 is 0 Å². The van der Waals surface area contributed by atoms with Crippen molar-refractivity contribution in [2.24, 2.45) is 11.7 Å². The molecule has 0 radical (unpaired) electrons. The van der Waals surface area contributed by atoms with Crippen molar-refractivity contribution in [3.05, 3.63) is 18.0 Å². The third kappa shape index (κ3) is 3.44. The average Bonchev–Trinajstić information content (AvgIpc) is 2.71. The van der Waals surface area contributed by atoms with Crippen molar-refractivity contribution in [1.82, 2.24) is 14.7 Å². The molecule has 2 unspecified atom stereocenters. The van der Waals surface area contributed by atoms with Gasteiger partial charge in [-0.25, -0.2) is 0 Å². The summed E-state index contributed by atoms with van der Waals surface area (Å²) in [6, 6.07) is 2.50. The molecule has 98 valence electrons. The molecule has 2 heterocycles. The minimum absolute atomic E-state index is 0. The Morgan fingerprint density at radius 1 is 1.53 bits per heavy atom. The van der Waals surface area contributed by atoms with Gasteiger partial charge in [-0.1, -0.05) is 6.92 Å². The zero-order valence-electron chi connectivity index (χ0n) is 10.7. The summed E-state index contributed by atoms with van der Waals surface area (Å²) in [6.07, 6.45) is 3.00. The SMILES string of the molecule is CCn1nccc1CN1CCC(N)C(C)C1.Cl. The van der Waals surface area contributed by atoms with Gasteiger partial charge in [0, 0.05) is 38.4 Å². The Morgan fingerprint density at radius 2 is 2.29 bits per heavy atom. The maximum atomic E-state index is 6.03. The monoisotopic (exact) mass is 258 g/mol. The van der Waals surface area contributed by atoms with Gasteiger partial charge in [-0.05, 0) is 25.3 Å². The number of hydrogen-bond acceptors (Lipinski definition) is 3. The Labute approximate surface area is 110 Å². The largest absolute Gasteiger partial charge is 0.327 e. The molecular weight excluding hydrogens is 236 g/mol. The van der Waals surface area contributed by atoms with Crippen LogP contribution < -0.4 is 5.73 Å². The number of aryl methyl sites for hydroxylation is 1. The third-order valence-corrected chi connectivity index (χ3v) is 3.55. The number of rotatable bonds is 3. The van der Waals surface area contributed by atoms with Crippen LogP contribution >= 0.6 is 12.4 Å². The van der Waals surface area contributed by atoms with Gasteiger partial charge < -0.3 is 5.73 Å². The van der Waals surface area contributed by atoms with Crippen molar-refractivity contribution in [3.8, 4) is 0 Å². The van der Waals surface area contributed by atoms with Crippen LogP contribution in [0.4, 0.5) is 0 Å². The molecular formula is C12H23ClN4. The first-order valence-electron chi connectivity index (χ1n) is 6.19. The highest BCUT2D eigenvalue weighted by Gasteiger charge is 2.23. The van der Waals surface area contributed by atoms with Crippen LogP contribution in [0.5, 0.6) is 0 Å². The summed E-state index contributed by atoms with van der Waals surface area (Å²) >= 11 is 0. The molecule has 0 amide bonds. The third-order valence-electron chi connectivity index (χ3n) is 3.55. The lowest BCUT2D eigenvalue weighted by molar-refractivity contribution is 0.154. The van der Waals surface area contributed by atoms with Crippen molar-refractivity contribution in [2.45, 2.75) is 39.4 Å². The highest BCUT2D eigenvalue weighted by molar-refractivity contribution is 5.85. The normalized spacial score (nSPS) is 25.6. The van der Waals surface area contributed by atoms with Gasteiger partial charge in [0.25, 0.3) is 0 Å². The van der Waals surface area contributed by atoms with Gasteiger partial charge >= 0.3 is 0 Å². The lowest BCUT2D eigenvalue weighted by Crippen LogP contribution is -2.45. The van der Waals surface area contributed by atoms with Crippen LogP contribution in [0.3, 0.4) is 0 Å². The van der Waals surface area contributed by atoms with Gasteiger partial charge in [0.1, 0.15) is 0 Å². The van der Waals surface area contributed by atoms with Crippen molar-refractivity contribution < 1.29 is 0 Å². The molecule has 0 aliphatic carbocycles. The number of aromatic nitrogens is 2. The Balaban J connectivity index is 0.00000144. The quantitative estimate of drug-likeness (QED) is 0.894. The second kappa shape index (κ2) is 6.38. The molecule has 0 bridgehead atoms. The fraction of sp³-hybridized carbons (Fsp3) is 0.750. The molecule has 17 heavy (non-hydrogen) atoms. The predicted octanol–water partition coefficient (Wildman–Crippen LogP) is 1.49. The van der Waals surface area contributed by atoms with Gasteiger partial charge in [0.2, 0.25) is 0 Å². The number of nitrogens with zero attached hydrogens (tertiary/aromatic N) is 3. The first kappa shape index (κ1) is 14.5. The van der Waals surface area contributed by atoms with E-state index < -0.39 is 0 Å². The Kier molecular flexibility index (Phi) is 5.43. The first-order chi connectivity index (χ1) is 7.70. The Bertz CT molecular complexity index is 339. The van der Waals surface area contributed by atoms with Crippen molar-refractivity contribution >= 4 is 12.4 Å². The van der Waals surface area contributed by atoms with E-state index in [0.29, 0.717) is 12.0 Å². The maximum Gasteiger partial charge on any atom is 0.0524 e. The molecule has 1 aromatic heterocycles. The maximum absolute atomic E-state index is 6.03. The van der Waals surface area contributed by atoms with Crippen LogP contribution in [-0.4, -0.2) is 33.8 Å². The molecule has 0 saturated carbocycles. The van der Waals surface area contributed by atoms with Crippen molar-refractivity contribution in [1.29, 1.82) is 0 Å². The van der Waals surface area contributed by atoms with Gasteiger partial charge in [0.15, 0.2) is 0 Å². The zero-order valence-corrected chi connectivity index (χ0v) is 11.5. The van der Waals surface area contributed by atoms with Crippen molar-refractivity contribution in [3.63, 3.8) is 0 Å². The molecule has 2 rings (SSSR count). The smallest absolute Gasteiger partial charge is 0.0524 e. The number of hydrogen-bond donors (Lipinski definition) is 1. The average molecular weight is 259 g/mol. The summed E-state index contributed by atoms with van der Waals surface area (Å²) in [4.78, 5) is 2.48. The van der Waals surface area contributed by atoms with Gasteiger partial charge in [-0.15, -0.1) is 12.4 Å². The first-order valence-corrected chi connectivity index (χ1v) is 6.19. The minimum atomic E-state index is 0. The van der Waals surface area contributed by atoms with Crippen LogP contribution in [0.2, 0.25) is 0 Å². The van der Waals surface area contributed by atoms with E-state index in [4.69, 9.17) is 5.73 Å². The second-order valence-corrected chi connectivity index (χ2v) is 4.80. The fourth-order valence-electron chi connectivity index (χ4n) is 2.40. The number of likely N-dealkylation sites (tertiary alicyclic amines) is 1. The topological polar surface area (TPSA) is 47.1 Å². The van der Waals surface area contributed by atoms with Crippen LogP contribution in [0, 0.1) is 5.92 Å². The summed E-state index contributed by atoms with van der Waals surface area (Å²) in [5.74, 6) is 0.603. The molecule has 2 N–H and O–H groups in total. The molecule has 2 atom stereocenters. The molecule has 1 aliphatic heterocycles. The molecule has 0 aromatic carbocycles. The van der Waals surface area contributed by atoms with E-state index in [2.05, 4.69) is 34.6 Å². The van der Waals surface area contributed by atoms with E-state index in [1.54, 1.807) is 0 Å². The van der Waals surface area contributed by atoms with E-state index in [-0.39, 0.29) is 12.4 Å². The highest BCUT2D eigenvalue weighted by atomic mass is 35.5. The fourth-order valence-corrected chi connectivity index (χ4v) is 2.40. The standard InChI is InChI=1S/C12H22N4.ClH/c1-3-16-11(4-6-14-16)9-15-7-5-12(13)10(2)8-15;/h4,6,10,12H,3,5,7-9,13H2,1-2H3;1H. The second-order valence-electron chi connectivity index (χ2n) is 4.80. The van der Waals surface area contributed by atoms with Gasteiger partial charge in [-0.2, -0.15) is 5.10 Å². The summed E-state index contributed by atoms with van der Waals surface area (Å²) in [7, 11) is 0. The van der Waals surface area contributed by atoms with Crippen LogP contribution in [0.15, 0.2) is 12.3 Å². The Morgan fingerprint density at radius 3 is 2.94 bits per heavy atom. The number of piperidine rings is 1. The summed E-state index contributed by atoms with van der Waals surface area (Å²) in [6.45, 7) is 8.55. The van der Waals surface area contributed by atoms with E-state index in [1.165, 1.54) is 5.69 Å². The van der Waals surface area contributed by atoms with E-state index in [9.17, 15) is 0 Å². The predicted molar refractivity (Wildman–Crippen MR) is 72.2 cm³/mol. The molecule has 1 saturated heterocycles. The molecule has 5 heteroatoms. The van der Waals surface area contributed by atoms with Crippen molar-refractivity contribution in [2.75, 3.05) is 13.1 Å². The molecule has 1 aliphatic rings. The van der Waals surface area contributed by atoms with E-state index in [1.807, 2.05) is 6.20 Å². The minimum Gasteiger partial charge on any atom is -0.327 e. The number of halogens is 1. The van der Waals surface area contributed by atoms with Crippen LogP contribution in [0.1, 0.15) is 26.0 Å². The van der Waals surface area contributed by atoms with E-state index in [0.717, 1.165) is 32.6 Å². The summed E-state index contributed by atoms with van der Waals surface area (Å²) < 4.78 is 2.07. The lowest BCUT2D eigenvalue weighted by atomic mass is 9.95. The van der Waals surface area contributed by atoms with Gasteiger partial charge in [-0.3, -0.25) is 9.58 Å². The summed E-state index contributed by atoms with van der Waals surface area (Å²) in [5.41, 5.74) is 7.34. The van der Waals surface area contributed by atoms with Crippen LogP contribution in [0.25, 0.3) is 0 Å². The van der Waals surface area contributed by atoms with Crippen LogP contribution in [-0.2, 0) is 13.1 Å². The molecule has 0 spiro atoms.